The van der Waals surface area contributed by atoms with Crippen LogP contribution < -0.4 is 10.6 Å². The molecule has 182 valence electrons. The highest BCUT2D eigenvalue weighted by Gasteiger charge is 2.21. The molecule has 1 atom stereocenters. The average Bonchev–Trinajstić information content (AvgIpc) is 3.24. The predicted molar refractivity (Wildman–Crippen MR) is 137 cm³/mol. The Balaban J connectivity index is 1.91. The van der Waals surface area contributed by atoms with E-state index >= 15 is 0 Å². The summed E-state index contributed by atoms with van der Waals surface area (Å²) in [4.78, 5) is 34.0. The second-order valence-corrected chi connectivity index (χ2v) is 9.71. The van der Waals surface area contributed by atoms with Gasteiger partial charge in [-0.05, 0) is 71.4 Å². The number of rotatable bonds is 12. The summed E-state index contributed by atoms with van der Waals surface area (Å²) >= 11 is 7.39. The first-order chi connectivity index (χ1) is 15.7. The van der Waals surface area contributed by atoms with Gasteiger partial charge in [-0.1, -0.05) is 31.5 Å². The van der Waals surface area contributed by atoms with E-state index in [2.05, 4.69) is 34.4 Å². The Hall–Kier alpha value is -2.16. The largest absolute Gasteiger partial charge is 0.348 e. The van der Waals surface area contributed by atoms with E-state index < -0.39 is 0 Å². The van der Waals surface area contributed by atoms with Gasteiger partial charge in [0.05, 0.1) is 6.54 Å². The van der Waals surface area contributed by atoms with Crippen molar-refractivity contribution in [3.8, 4) is 0 Å². The molecule has 0 bridgehead atoms. The number of aromatic nitrogens is 1. The summed E-state index contributed by atoms with van der Waals surface area (Å²) in [5, 5.41) is 8.93. The van der Waals surface area contributed by atoms with E-state index in [0.717, 1.165) is 32.5 Å². The van der Waals surface area contributed by atoms with Gasteiger partial charge in [0.25, 0.3) is 5.91 Å². The lowest BCUT2D eigenvalue weighted by Crippen LogP contribution is -2.39. The molecule has 2 rings (SSSR count). The molecule has 33 heavy (non-hydrogen) atoms. The van der Waals surface area contributed by atoms with Crippen molar-refractivity contribution < 1.29 is 9.59 Å². The van der Waals surface area contributed by atoms with E-state index in [0.29, 0.717) is 28.0 Å². The van der Waals surface area contributed by atoms with Crippen molar-refractivity contribution in [2.24, 2.45) is 0 Å². The molecule has 2 N–H and O–H groups in total. The van der Waals surface area contributed by atoms with Gasteiger partial charge in [-0.2, -0.15) is 0 Å². The van der Waals surface area contributed by atoms with Gasteiger partial charge < -0.3 is 20.4 Å². The number of nitrogens with zero attached hydrogens (tertiary/aromatic N) is 3. The molecule has 0 aliphatic heterocycles. The highest BCUT2D eigenvalue weighted by atomic mass is 35.5. The molecule has 0 radical (unpaired) electrons. The quantitative estimate of drug-likeness (QED) is 0.410. The zero-order valence-corrected chi connectivity index (χ0v) is 21.8. The summed E-state index contributed by atoms with van der Waals surface area (Å²) in [6, 6.07) is 6.82. The van der Waals surface area contributed by atoms with Crippen molar-refractivity contribution >= 4 is 40.6 Å². The number of benzene rings is 1. The van der Waals surface area contributed by atoms with Gasteiger partial charge in [0.2, 0.25) is 0 Å². The van der Waals surface area contributed by atoms with Crippen molar-refractivity contribution in [3.63, 3.8) is 0 Å². The fraction of sp³-hybridized carbons (Fsp3) is 0.542. The maximum atomic E-state index is 12.8. The first kappa shape index (κ1) is 27.1. The van der Waals surface area contributed by atoms with Crippen LogP contribution in [-0.4, -0.2) is 58.4 Å². The van der Waals surface area contributed by atoms with Crippen LogP contribution in [0.3, 0.4) is 0 Å². The molecule has 1 aromatic carbocycles. The smallest absolute Gasteiger partial charge is 0.322 e. The van der Waals surface area contributed by atoms with Crippen molar-refractivity contribution in [2.75, 3.05) is 25.0 Å². The van der Waals surface area contributed by atoms with Crippen LogP contribution in [0.4, 0.5) is 10.5 Å². The van der Waals surface area contributed by atoms with Gasteiger partial charge in [0, 0.05) is 28.2 Å². The Bertz CT molecular complexity index is 900. The second kappa shape index (κ2) is 13.5. The van der Waals surface area contributed by atoms with Gasteiger partial charge in [-0.3, -0.25) is 4.79 Å². The Labute approximate surface area is 206 Å². The highest BCUT2D eigenvalue weighted by Crippen LogP contribution is 2.18. The van der Waals surface area contributed by atoms with E-state index in [1.807, 2.05) is 20.8 Å². The number of nitrogens with one attached hydrogen (secondary N) is 2. The molecule has 1 heterocycles. The molecule has 9 heteroatoms. The van der Waals surface area contributed by atoms with Crippen LogP contribution in [0.25, 0.3) is 0 Å². The van der Waals surface area contributed by atoms with Crippen molar-refractivity contribution in [2.45, 2.75) is 66.1 Å². The minimum absolute atomic E-state index is 0.0452. The second-order valence-electron chi connectivity index (χ2n) is 8.33. The Morgan fingerprint density at radius 1 is 1.18 bits per heavy atom. The van der Waals surface area contributed by atoms with Gasteiger partial charge in [0.15, 0.2) is 0 Å². The van der Waals surface area contributed by atoms with Gasteiger partial charge in [0.1, 0.15) is 10.7 Å². The molecule has 2 aromatic rings. The van der Waals surface area contributed by atoms with Gasteiger partial charge in [-0.15, -0.1) is 11.3 Å². The monoisotopic (exact) mass is 493 g/mol. The Morgan fingerprint density at radius 3 is 2.55 bits per heavy atom. The fourth-order valence-electron chi connectivity index (χ4n) is 3.41. The van der Waals surface area contributed by atoms with Crippen LogP contribution in [0.15, 0.2) is 29.6 Å². The molecule has 0 saturated carbocycles. The molecule has 7 nitrogen and oxygen atoms in total. The number of anilines is 1. The standard InChI is InChI=1S/C24H36ClN5O2S/c1-6-29(7-2)13-9-10-18(5)26-23(31)21-16-33-22(28-21)15-30(17(3)4)24(32)27-20-12-8-11-19(25)14-20/h8,11-12,14,16-18H,6-7,9-10,13,15H2,1-5H3,(H,26,31)(H,27,32). The minimum atomic E-state index is -0.240. The van der Waals surface area contributed by atoms with E-state index in [1.165, 1.54) is 11.3 Å². The number of carbonyl (C=O) groups excluding carboxylic acids is 2. The molecular formula is C24H36ClN5O2S. The van der Waals surface area contributed by atoms with Crippen LogP contribution in [0.5, 0.6) is 0 Å². The first-order valence-electron chi connectivity index (χ1n) is 11.5. The van der Waals surface area contributed by atoms with Crippen LogP contribution >= 0.6 is 22.9 Å². The van der Waals surface area contributed by atoms with Crippen molar-refractivity contribution in [1.29, 1.82) is 0 Å². The number of hydrogen-bond acceptors (Lipinski definition) is 5. The lowest BCUT2D eigenvalue weighted by molar-refractivity contribution is 0.0932. The predicted octanol–water partition coefficient (Wildman–Crippen LogP) is 5.48. The first-order valence-corrected chi connectivity index (χ1v) is 12.8. The third-order valence-corrected chi connectivity index (χ3v) is 6.50. The molecular weight excluding hydrogens is 458 g/mol. The van der Waals surface area contributed by atoms with Crippen LogP contribution in [0.2, 0.25) is 5.02 Å². The summed E-state index contributed by atoms with van der Waals surface area (Å²) in [5.74, 6) is -0.174. The van der Waals surface area contributed by atoms with Crippen LogP contribution in [0, 0.1) is 0 Å². The molecule has 0 fully saturated rings. The van der Waals surface area contributed by atoms with Gasteiger partial charge in [-0.25, -0.2) is 9.78 Å². The van der Waals surface area contributed by atoms with E-state index in [-0.39, 0.29) is 24.0 Å². The lowest BCUT2D eigenvalue weighted by atomic mass is 10.1. The van der Waals surface area contributed by atoms with E-state index in [4.69, 9.17) is 11.6 Å². The van der Waals surface area contributed by atoms with Crippen LogP contribution in [0.1, 0.15) is 63.0 Å². The molecule has 1 aromatic heterocycles. The summed E-state index contributed by atoms with van der Waals surface area (Å²) in [5.41, 5.74) is 1.02. The summed E-state index contributed by atoms with van der Waals surface area (Å²) < 4.78 is 0. The number of hydrogen-bond donors (Lipinski definition) is 2. The minimum Gasteiger partial charge on any atom is -0.348 e. The average molecular weight is 494 g/mol. The van der Waals surface area contributed by atoms with Gasteiger partial charge >= 0.3 is 6.03 Å². The Kier molecular flexibility index (Phi) is 11.1. The maximum absolute atomic E-state index is 12.8. The fourth-order valence-corrected chi connectivity index (χ4v) is 4.38. The normalized spacial score (nSPS) is 12.1. The number of amides is 3. The molecule has 3 amide bonds. The molecule has 0 spiro atoms. The molecule has 0 saturated heterocycles. The van der Waals surface area contributed by atoms with E-state index in [1.54, 1.807) is 34.5 Å². The third kappa shape index (κ3) is 8.95. The molecule has 1 unspecified atom stereocenters. The number of halogens is 1. The summed E-state index contributed by atoms with van der Waals surface area (Å²) in [7, 11) is 0. The Morgan fingerprint density at radius 2 is 1.91 bits per heavy atom. The zero-order chi connectivity index (χ0) is 24.4. The topological polar surface area (TPSA) is 77.6 Å². The molecule has 0 aliphatic carbocycles. The molecule has 0 aliphatic rings. The number of carbonyl (C=O) groups is 2. The number of thiazole rings is 1. The maximum Gasteiger partial charge on any atom is 0.322 e. The summed E-state index contributed by atoms with van der Waals surface area (Å²) in [6.45, 7) is 13.7. The van der Waals surface area contributed by atoms with E-state index in [9.17, 15) is 9.59 Å². The third-order valence-electron chi connectivity index (χ3n) is 5.43. The van der Waals surface area contributed by atoms with Crippen molar-refractivity contribution in [1.82, 2.24) is 20.1 Å². The number of urea groups is 1. The highest BCUT2D eigenvalue weighted by molar-refractivity contribution is 7.09. The van der Waals surface area contributed by atoms with Crippen LogP contribution in [-0.2, 0) is 6.54 Å². The summed E-state index contributed by atoms with van der Waals surface area (Å²) in [6.07, 6.45) is 1.96. The zero-order valence-electron chi connectivity index (χ0n) is 20.2. The van der Waals surface area contributed by atoms with Crippen molar-refractivity contribution in [3.05, 3.63) is 45.4 Å². The SMILES string of the molecule is CCN(CC)CCCC(C)NC(=O)c1csc(CN(C(=O)Nc2cccc(Cl)c2)C(C)C)n1. The lowest BCUT2D eigenvalue weighted by Gasteiger charge is -2.26.